The van der Waals surface area contributed by atoms with E-state index in [2.05, 4.69) is 20.4 Å². The molecule has 3 saturated heterocycles. The zero-order valence-corrected chi connectivity index (χ0v) is 34.5. The molecule has 0 saturated carbocycles. The van der Waals surface area contributed by atoms with Crippen molar-refractivity contribution in [3.63, 3.8) is 0 Å². The van der Waals surface area contributed by atoms with E-state index in [1.807, 2.05) is 122 Å². The fourth-order valence-corrected chi connectivity index (χ4v) is 6.30. The third kappa shape index (κ3) is 16.8. The molecule has 3 aromatic rings. The van der Waals surface area contributed by atoms with Crippen LogP contribution in [0.2, 0.25) is 0 Å². The van der Waals surface area contributed by atoms with Crippen LogP contribution in [0.4, 0.5) is 23.2 Å². The number of carbonyl (C=O) groups is 3. The molecule has 318 valence electrons. The quantitative estimate of drug-likeness (QED) is 0.251. The average molecular weight is 819 g/mol. The summed E-state index contributed by atoms with van der Waals surface area (Å²) in [6, 6.07) is 28.2. The molecule has 3 aromatic carbocycles. The highest BCUT2D eigenvalue weighted by molar-refractivity contribution is 6.75. The fraction of sp³-hybridized carbons (Fsp3) is 0.500. The number of hydrogen-bond acceptors (Lipinski definition) is 10. The number of piperazine rings is 3. The van der Waals surface area contributed by atoms with Gasteiger partial charge in [-0.05, 0) is 37.8 Å². The van der Waals surface area contributed by atoms with Crippen molar-refractivity contribution in [1.29, 1.82) is 0 Å². The molecule has 13 nitrogen and oxygen atoms in total. The van der Waals surface area contributed by atoms with Gasteiger partial charge >= 0.3 is 18.3 Å². The maximum atomic E-state index is 12.8. The van der Waals surface area contributed by atoms with Gasteiger partial charge in [0.05, 0.1) is 24.7 Å². The number of amides is 3. The van der Waals surface area contributed by atoms with Crippen molar-refractivity contribution in [2.75, 3.05) is 100 Å². The van der Waals surface area contributed by atoms with Crippen molar-refractivity contribution in [2.24, 2.45) is 0 Å². The number of benzene rings is 3. The molecule has 1 unspecified atom stereocenters. The Bertz CT molecular complexity index is 1440. The predicted octanol–water partition coefficient (Wildman–Crippen LogP) is 3.99. The number of hydrogen-bond donors (Lipinski definition) is 1. The number of likely N-dealkylation sites (N-methyl/N-ethyl adjacent to an activating group) is 3. The minimum absolute atomic E-state index is 0.00183. The molecule has 4 radical (unpaired) electrons. The maximum absolute atomic E-state index is 12.8. The number of rotatable bonds is 9. The third-order valence-corrected chi connectivity index (χ3v) is 10.3. The first kappa shape index (κ1) is 48.7. The molecule has 6 rings (SSSR count). The lowest BCUT2D eigenvalue weighted by molar-refractivity contribution is 0.0390. The number of halogens is 2. The molecule has 17 heteroatoms. The van der Waals surface area contributed by atoms with Gasteiger partial charge in [0.1, 0.15) is 33.2 Å². The van der Waals surface area contributed by atoms with Crippen molar-refractivity contribution >= 4 is 33.8 Å². The summed E-state index contributed by atoms with van der Waals surface area (Å²) in [7, 11) is 13.7. The minimum atomic E-state index is -0.445. The van der Waals surface area contributed by atoms with Gasteiger partial charge in [0.25, 0.3) is 0 Å². The molecule has 59 heavy (non-hydrogen) atoms. The second-order valence-electron chi connectivity index (χ2n) is 14.4. The van der Waals surface area contributed by atoms with E-state index < -0.39 is 13.3 Å². The van der Waals surface area contributed by atoms with Crippen molar-refractivity contribution in [3.05, 3.63) is 108 Å². The Morgan fingerprint density at radius 2 is 0.797 bits per heavy atom. The smallest absolute Gasteiger partial charge is 0.410 e. The van der Waals surface area contributed by atoms with E-state index in [9.17, 15) is 28.3 Å². The van der Waals surface area contributed by atoms with E-state index in [1.54, 1.807) is 14.7 Å². The lowest BCUT2D eigenvalue weighted by atomic mass is 9.81. The molecular weight excluding hydrogens is 760 g/mol. The molecule has 0 spiro atoms. The first-order valence-electron chi connectivity index (χ1n) is 19.7. The van der Waals surface area contributed by atoms with Gasteiger partial charge in [0, 0.05) is 74.4 Å². The largest absolute Gasteiger partial charge is 0.445 e. The molecule has 0 aromatic heterocycles. The molecule has 3 amide bonds. The lowest BCUT2D eigenvalue weighted by Gasteiger charge is -2.37. The SMILES string of the molecule is CN1CCN(C(=O)OCc2ccccc2)CC1CO.CN1CCN(C(=O)OCc2ccccc2)C[C@@H]1CF.CN1CCN(C(=O)OCc2ccccc2)C[C@H]1CF.[B][B]. The molecule has 0 bridgehead atoms. The Balaban J connectivity index is 0.000000231. The summed E-state index contributed by atoms with van der Waals surface area (Å²) in [5, 5.41) is 9.25. The first-order chi connectivity index (χ1) is 28.6. The monoisotopic (exact) mass is 818 g/mol. The van der Waals surface area contributed by atoms with Crippen molar-refractivity contribution in [2.45, 2.75) is 37.9 Å². The van der Waals surface area contributed by atoms with Gasteiger partial charge in [0.2, 0.25) is 0 Å². The van der Waals surface area contributed by atoms with Crippen LogP contribution in [0.25, 0.3) is 0 Å². The summed E-state index contributed by atoms with van der Waals surface area (Å²) < 4.78 is 41.4. The summed E-state index contributed by atoms with van der Waals surface area (Å²) in [5.41, 5.74) is 2.88. The van der Waals surface area contributed by atoms with E-state index >= 15 is 0 Å². The molecule has 0 aliphatic carbocycles. The van der Waals surface area contributed by atoms with Crippen LogP contribution in [-0.4, -0.2) is 186 Å². The normalized spacial score (nSPS) is 19.7. The predicted molar refractivity (Wildman–Crippen MR) is 224 cm³/mol. The summed E-state index contributed by atoms with van der Waals surface area (Å²) >= 11 is 0. The molecule has 3 atom stereocenters. The first-order valence-corrected chi connectivity index (χ1v) is 19.7. The number of nitrogens with zero attached hydrogens (tertiary/aromatic N) is 6. The average Bonchev–Trinajstić information content (AvgIpc) is 3.29. The number of carbonyl (C=O) groups excluding carboxylic acids is 3. The second-order valence-corrected chi connectivity index (χ2v) is 14.4. The summed E-state index contributed by atoms with van der Waals surface area (Å²) in [4.78, 5) is 46.5. The van der Waals surface area contributed by atoms with Gasteiger partial charge in [-0.25, -0.2) is 23.2 Å². The molecule has 3 heterocycles. The third-order valence-electron chi connectivity index (χ3n) is 10.3. The Labute approximate surface area is 350 Å². The molecular formula is C42H58B2F2N6O7. The standard InChI is InChI=1S/2C14H19FN2O2.C14H20N2O3.B2/c2*1-16-7-8-17(10-13(16)9-15)14(18)19-11-12-5-3-2-4-6-12;1-15-7-8-16(9-13(15)10-17)14(18)19-11-12-5-3-2-4-6-12;1-2/h2*2-6,13H,7-11H2,1H3;2-6,13,17H,7-11H2,1H3;/t2*13-;;/m10../s1. The Morgan fingerprint density at radius 3 is 1.07 bits per heavy atom. The van der Waals surface area contributed by atoms with Gasteiger partial charge in [-0.1, -0.05) is 91.0 Å². The molecule has 3 aliphatic heterocycles. The van der Waals surface area contributed by atoms with E-state index in [0.29, 0.717) is 52.4 Å². The van der Waals surface area contributed by atoms with Crippen LogP contribution in [-0.2, 0) is 34.0 Å². The minimum Gasteiger partial charge on any atom is -0.445 e. The number of aliphatic hydroxyl groups excluding tert-OH is 1. The van der Waals surface area contributed by atoms with Crippen molar-refractivity contribution in [1.82, 2.24) is 29.4 Å². The van der Waals surface area contributed by atoms with Crippen LogP contribution in [0.3, 0.4) is 0 Å². The lowest BCUT2D eigenvalue weighted by Crippen LogP contribution is -2.54. The molecule has 3 aliphatic rings. The van der Waals surface area contributed by atoms with E-state index in [1.165, 1.54) is 0 Å². The maximum Gasteiger partial charge on any atom is 0.410 e. The zero-order valence-electron chi connectivity index (χ0n) is 34.5. The summed E-state index contributed by atoms with van der Waals surface area (Å²) in [5.74, 6) is 0. The van der Waals surface area contributed by atoms with E-state index in [-0.39, 0.29) is 62.8 Å². The van der Waals surface area contributed by atoms with E-state index in [4.69, 9.17) is 14.2 Å². The van der Waals surface area contributed by atoms with Gasteiger partial charge < -0.3 is 34.0 Å². The highest BCUT2D eigenvalue weighted by atomic mass is 19.1. The number of aliphatic hydroxyl groups is 1. The van der Waals surface area contributed by atoms with Gasteiger partial charge in [-0.2, -0.15) is 0 Å². The highest BCUT2D eigenvalue weighted by Gasteiger charge is 2.30. The van der Waals surface area contributed by atoms with Crippen LogP contribution in [0.1, 0.15) is 16.7 Å². The number of ether oxygens (including phenoxy) is 3. The van der Waals surface area contributed by atoms with Crippen molar-refractivity contribution < 1.29 is 42.5 Å². The van der Waals surface area contributed by atoms with E-state index in [0.717, 1.165) is 23.2 Å². The van der Waals surface area contributed by atoms with Gasteiger partial charge in [-0.15, -0.1) is 0 Å². The van der Waals surface area contributed by atoms with Crippen LogP contribution in [0, 0.1) is 0 Å². The number of alkyl halides is 2. The zero-order chi connectivity index (χ0) is 43.0. The molecule has 1 N–H and O–H groups in total. The van der Waals surface area contributed by atoms with Crippen LogP contribution in [0.15, 0.2) is 91.0 Å². The summed E-state index contributed by atoms with van der Waals surface area (Å²) in [6.45, 7) is 5.17. The fourth-order valence-electron chi connectivity index (χ4n) is 6.30. The van der Waals surface area contributed by atoms with Crippen LogP contribution < -0.4 is 0 Å². The Morgan fingerprint density at radius 1 is 0.525 bits per heavy atom. The van der Waals surface area contributed by atoms with Crippen molar-refractivity contribution in [3.8, 4) is 0 Å². The van der Waals surface area contributed by atoms with Gasteiger partial charge in [0.15, 0.2) is 0 Å². The van der Waals surface area contributed by atoms with Gasteiger partial charge in [-0.3, -0.25) is 14.7 Å². The molecule has 3 fully saturated rings. The Kier molecular flexibility index (Phi) is 22.4. The van der Waals surface area contributed by atoms with Crippen LogP contribution in [0.5, 0.6) is 0 Å². The Hall–Kier alpha value is -4.70. The summed E-state index contributed by atoms with van der Waals surface area (Å²) in [6.07, 6.45) is -1.04. The topological polar surface area (TPSA) is 119 Å². The highest BCUT2D eigenvalue weighted by Crippen LogP contribution is 2.13. The second kappa shape index (κ2) is 27.1. The van der Waals surface area contributed by atoms with Crippen LogP contribution >= 0.6 is 0 Å².